The Labute approximate surface area is 315 Å². The van der Waals surface area contributed by atoms with Gasteiger partial charge in [-0.1, -0.05) is 59.6 Å². The van der Waals surface area contributed by atoms with E-state index >= 15 is 0 Å². The van der Waals surface area contributed by atoms with Crippen LogP contribution in [0.25, 0.3) is 39.2 Å². The zero-order chi connectivity index (χ0) is 37.2. The first kappa shape index (κ1) is 36.4. The fourth-order valence-corrected chi connectivity index (χ4v) is 7.55. The van der Waals surface area contributed by atoms with Gasteiger partial charge in [0.1, 0.15) is 5.65 Å². The number of ether oxygens (including phenoxy) is 1. The van der Waals surface area contributed by atoms with Gasteiger partial charge < -0.3 is 30.5 Å². The van der Waals surface area contributed by atoms with E-state index in [2.05, 4.69) is 15.6 Å². The molecule has 4 heterocycles. The molecule has 5 aromatic rings. The molecule has 1 aliphatic heterocycles. The Kier molecular flexibility index (Phi) is 10.7. The molecular weight excluding hydrogens is 719 g/mol. The maximum atomic E-state index is 13.2. The van der Waals surface area contributed by atoms with Crippen molar-refractivity contribution in [2.45, 2.75) is 38.4 Å². The summed E-state index contributed by atoms with van der Waals surface area (Å²) in [5.74, 6) is 0.979. The summed E-state index contributed by atoms with van der Waals surface area (Å²) in [7, 11) is 1.47. The number of nitrogens with zero attached hydrogens (tertiary/aromatic N) is 4. The van der Waals surface area contributed by atoms with E-state index in [9.17, 15) is 24.6 Å². The third-order valence-electron chi connectivity index (χ3n) is 9.97. The molecule has 4 N–H and O–H groups in total. The summed E-state index contributed by atoms with van der Waals surface area (Å²) >= 11 is 14.2. The Morgan fingerprint density at radius 2 is 1.75 bits per heavy atom. The molecule has 7 rings (SSSR count). The maximum Gasteiger partial charge on any atom is 0.407 e. The predicted molar refractivity (Wildman–Crippen MR) is 202 cm³/mol. The Morgan fingerprint density at radius 1 is 1.02 bits per heavy atom. The van der Waals surface area contributed by atoms with Crippen molar-refractivity contribution >= 4 is 40.8 Å². The van der Waals surface area contributed by atoms with Gasteiger partial charge in [0.05, 0.1) is 29.4 Å². The second-order valence-electron chi connectivity index (χ2n) is 13.5. The molecule has 1 saturated carbocycles. The molecule has 2 amide bonds. The number of pyridine rings is 2. The number of aliphatic hydroxyl groups excluding tert-OH is 1. The highest BCUT2D eigenvalue weighted by atomic mass is 35.5. The minimum absolute atomic E-state index is 0.0263. The number of methoxy groups -OCH3 is 1. The zero-order valence-corrected chi connectivity index (χ0v) is 30.4. The Bertz CT molecular complexity index is 2260. The van der Waals surface area contributed by atoms with Crippen LogP contribution in [0.5, 0.6) is 5.88 Å². The molecule has 1 aliphatic carbocycles. The van der Waals surface area contributed by atoms with E-state index in [0.717, 1.165) is 24.1 Å². The first-order chi connectivity index (χ1) is 25.6. The number of amides is 2. The number of benzene rings is 2. The van der Waals surface area contributed by atoms with Gasteiger partial charge in [-0.3, -0.25) is 14.0 Å². The predicted octanol–water partition coefficient (Wildman–Crippen LogP) is 5.88. The minimum Gasteiger partial charge on any atom is -0.481 e. The molecule has 2 aromatic carbocycles. The van der Waals surface area contributed by atoms with E-state index in [1.807, 2.05) is 48.5 Å². The van der Waals surface area contributed by atoms with E-state index < -0.39 is 6.09 Å². The number of halogens is 2. The van der Waals surface area contributed by atoms with Crippen molar-refractivity contribution in [3.63, 3.8) is 0 Å². The van der Waals surface area contributed by atoms with E-state index in [4.69, 9.17) is 32.9 Å². The van der Waals surface area contributed by atoms with Gasteiger partial charge in [0.25, 0.3) is 5.56 Å². The highest BCUT2D eigenvalue weighted by Crippen LogP contribution is 2.42. The Balaban J connectivity index is 1.13. The summed E-state index contributed by atoms with van der Waals surface area (Å²) in [6, 6.07) is 18.2. The van der Waals surface area contributed by atoms with Gasteiger partial charge in [-0.25, -0.2) is 14.8 Å². The summed E-state index contributed by atoms with van der Waals surface area (Å²) < 4.78 is 7.11. The minimum atomic E-state index is -1.11. The van der Waals surface area contributed by atoms with Crippen LogP contribution in [0.15, 0.2) is 77.9 Å². The van der Waals surface area contributed by atoms with Crippen LogP contribution in [0.1, 0.15) is 30.4 Å². The van der Waals surface area contributed by atoms with Crippen LogP contribution in [0.4, 0.5) is 4.79 Å². The lowest BCUT2D eigenvalue weighted by molar-refractivity contribution is -0.119. The number of fused-ring (bicyclic) bond motifs is 1. The monoisotopic (exact) mass is 756 g/mol. The third kappa shape index (κ3) is 7.72. The summed E-state index contributed by atoms with van der Waals surface area (Å²) in [6.45, 7) is 1.53. The van der Waals surface area contributed by atoms with E-state index in [1.165, 1.54) is 16.4 Å². The fourth-order valence-electron chi connectivity index (χ4n) is 6.89. The van der Waals surface area contributed by atoms with Crippen molar-refractivity contribution in [2.75, 3.05) is 26.8 Å². The summed E-state index contributed by atoms with van der Waals surface area (Å²) in [6.07, 6.45) is 4.15. The number of aliphatic hydroxyl groups is 1. The molecule has 1 saturated heterocycles. The van der Waals surface area contributed by atoms with E-state index in [0.29, 0.717) is 80.4 Å². The largest absolute Gasteiger partial charge is 0.481 e. The molecular formula is C39H38Cl2N6O6. The third-order valence-corrected chi connectivity index (χ3v) is 10.8. The van der Waals surface area contributed by atoms with Gasteiger partial charge >= 0.3 is 6.09 Å². The van der Waals surface area contributed by atoms with Crippen molar-refractivity contribution in [3.05, 3.63) is 105 Å². The van der Waals surface area contributed by atoms with Crippen molar-refractivity contribution in [3.8, 4) is 39.4 Å². The molecule has 53 heavy (non-hydrogen) atoms. The molecule has 2 aliphatic rings. The molecule has 12 nitrogen and oxygen atoms in total. The molecule has 3 aromatic heterocycles. The fraction of sp³-hybridized carbons (Fsp3) is 0.308. The number of aromatic nitrogens is 3. The van der Waals surface area contributed by atoms with Crippen LogP contribution in [-0.2, 0) is 17.9 Å². The van der Waals surface area contributed by atoms with Crippen molar-refractivity contribution in [1.29, 1.82) is 0 Å². The molecule has 2 fully saturated rings. The Hall–Kier alpha value is -5.01. The second-order valence-corrected chi connectivity index (χ2v) is 14.2. The molecule has 274 valence electrons. The number of rotatable bonds is 13. The standard InChI is InChI=1S/C39H38Cl2N6O6/c1-53-37-23(19-46(39(51)52)20-27-9-11-34(49)44-27)8-10-32(45-37)31-7-3-6-30(36(31)41)29-5-2-4-28(35(29)40)22-12-13-47-33(15-22)43-18-26(38(47)50)17-42-16-24-14-25(24)21-48/h2-8,10,12-13,15,18,24-25,27,42,48H,9,11,14,16-17,19-21H2,1H3,(H,44,49)(H,51,52). The number of hydrogen-bond acceptors (Lipinski definition) is 8. The van der Waals surface area contributed by atoms with E-state index in [-0.39, 0.29) is 43.1 Å². The number of carbonyl (C=O) groups is 2. The topological polar surface area (TPSA) is 158 Å². The lowest BCUT2D eigenvalue weighted by Crippen LogP contribution is -2.41. The zero-order valence-electron chi connectivity index (χ0n) is 28.9. The van der Waals surface area contributed by atoms with Crippen molar-refractivity contribution in [2.24, 2.45) is 11.8 Å². The quantitative estimate of drug-likeness (QED) is 0.115. The first-order valence-electron chi connectivity index (χ1n) is 17.4. The van der Waals surface area contributed by atoms with Crippen molar-refractivity contribution in [1.82, 2.24) is 29.9 Å². The van der Waals surface area contributed by atoms with Crippen LogP contribution in [0, 0.1) is 11.8 Å². The lowest BCUT2D eigenvalue weighted by atomic mass is 9.97. The number of nitrogens with one attached hydrogen (secondary N) is 2. The average Bonchev–Trinajstić information content (AvgIpc) is 3.80. The highest BCUT2D eigenvalue weighted by molar-refractivity contribution is 6.39. The SMILES string of the molecule is COc1nc(-c2cccc(-c3cccc(-c4ccn5c(=O)c(CNCC6CC6CO)cnc5c4)c3Cl)c2Cl)ccc1CN(CC1CCC(=O)N1)C(=O)O. The van der Waals surface area contributed by atoms with Crippen LogP contribution in [-0.4, -0.2) is 74.3 Å². The van der Waals surface area contributed by atoms with Gasteiger partial charge in [-0.2, -0.15) is 0 Å². The molecule has 0 spiro atoms. The van der Waals surface area contributed by atoms with Crippen LogP contribution in [0.2, 0.25) is 10.0 Å². The first-order valence-corrected chi connectivity index (χ1v) is 18.1. The highest BCUT2D eigenvalue weighted by Gasteiger charge is 2.35. The van der Waals surface area contributed by atoms with Gasteiger partial charge in [-0.15, -0.1) is 0 Å². The van der Waals surface area contributed by atoms with Crippen LogP contribution < -0.4 is 20.9 Å². The smallest absolute Gasteiger partial charge is 0.407 e. The van der Waals surface area contributed by atoms with E-state index in [1.54, 1.807) is 24.5 Å². The summed E-state index contributed by atoms with van der Waals surface area (Å²) in [4.78, 5) is 47.5. The van der Waals surface area contributed by atoms with Gasteiger partial charge in [-0.05, 0) is 61.1 Å². The molecule has 0 radical (unpaired) electrons. The number of carbonyl (C=O) groups excluding carboxylic acids is 1. The number of hydrogen-bond donors (Lipinski definition) is 4. The van der Waals surface area contributed by atoms with Gasteiger partial charge in [0.2, 0.25) is 11.8 Å². The molecule has 3 unspecified atom stereocenters. The Morgan fingerprint density at radius 3 is 2.43 bits per heavy atom. The van der Waals surface area contributed by atoms with Crippen LogP contribution in [0.3, 0.4) is 0 Å². The second kappa shape index (κ2) is 15.5. The normalized spacial score (nSPS) is 17.9. The maximum absolute atomic E-state index is 13.2. The summed E-state index contributed by atoms with van der Waals surface area (Å²) in [5.41, 5.74) is 5.51. The number of carboxylic acid groups (broad SMARTS) is 1. The molecule has 14 heteroatoms. The molecule has 3 atom stereocenters. The van der Waals surface area contributed by atoms with Gasteiger partial charge in [0.15, 0.2) is 0 Å². The van der Waals surface area contributed by atoms with Crippen molar-refractivity contribution < 1.29 is 24.5 Å². The lowest BCUT2D eigenvalue weighted by Gasteiger charge is -2.23. The van der Waals surface area contributed by atoms with Crippen LogP contribution >= 0.6 is 23.2 Å². The average molecular weight is 758 g/mol. The molecule has 0 bridgehead atoms. The summed E-state index contributed by atoms with van der Waals surface area (Å²) in [5, 5.41) is 26.1. The van der Waals surface area contributed by atoms with Gasteiger partial charge in [0, 0.05) is 77.9 Å².